The van der Waals surface area contributed by atoms with E-state index in [1.54, 1.807) is 14.2 Å². The average Bonchev–Trinajstić information content (AvgIpc) is 2.31. The first-order valence-electron chi connectivity index (χ1n) is 5.21. The van der Waals surface area contributed by atoms with E-state index in [0.29, 0.717) is 6.61 Å². The monoisotopic (exact) mass is 349 g/mol. The number of hydrogen-bond acceptors (Lipinski definition) is 3. The lowest BCUT2D eigenvalue weighted by Crippen LogP contribution is -2.24. The van der Waals surface area contributed by atoms with Gasteiger partial charge < -0.3 is 14.8 Å². The summed E-state index contributed by atoms with van der Waals surface area (Å²) in [5.74, 6) is 0.560. The summed E-state index contributed by atoms with van der Waals surface area (Å²) in [4.78, 5) is 11.8. The molecule has 0 aliphatic rings. The summed E-state index contributed by atoms with van der Waals surface area (Å²) >= 11 is 2.16. The standard InChI is InChI=1S/C12H16INO3/c1-8(7-16-2)12(15)14-11-5-4-9(17-3)6-10(11)13/h4-6,8H,7H2,1-3H3,(H,14,15)/t8-/m1/s1. The third-order valence-corrected chi connectivity index (χ3v) is 3.19. The summed E-state index contributed by atoms with van der Waals surface area (Å²) in [6.07, 6.45) is 0. The highest BCUT2D eigenvalue weighted by Gasteiger charge is 2.13. The highest BCUT2D eigenvalue weighted by Crippen LogP contribution is 2.23. The molecule has 0 fully saturated rings. The number of hydrogen-bond donors (Lipinski definition) is 1. The first-order chi connectivity index (χ1) is 8.08. The van der Waals surface area contributed by atoms with E-state index in [1.807, 2.05) is 25.1 Å². The highest BCUT2D eigenvalue weighted by atomic mass is 127. The van der Waals surface area contributed by atoms with Crippen molar-refractivity contribution in [2.24, 2.45) is 5.92 Å². The second-order valence-corrected chi connectivity index (χ2v) is 4.85. The summed E-state index contributed by atoms with van der Waals surface area (Å²) in [6, 6.07) is 5.52. The Bertz CT molecular complexity index is 395. The number of methoxy groups -OCH3 is 2. The molecule has 0 saturated carbocycles. The maximum absolute atomic E-state index is 11.8. The smallest absolute Gasteiger partial charge is 0.229 e. The molecule has 1 atom stereocenters. The van der Waals surface area contributed by atoms with E-state index in [1.165, 1.54) is 0 Å². The van der Waals surface area contributed by atoms with Crippen molar-refractivity contribution < 1.29 is 14.3 Å². The van der Waals surface area contributed by atoms with Gasteiger partial charge in [0.25, 0.3) is 0 Å². The third-order valence-electron chi connectivity index (χ3n) is 2.30. The molecule has 1 N–H and O–H groups in total. The normalized spacial score (nSPS) is 12.0. The minimum absolute atomic E-state index is 0.0464. The van der Waals surface area contributed by atoms with Crippen molar-refractivity contribution in [1.29, 1.82) is 0 Å². The first-order valence-corrected chi connectivity index (χ1v) is 6.29. The number of amides is 1. The van der Waals surface area contributed by atoms with Crippen LogP contribution < -0.4 is 10.1 Å². The Hall–Kier alpha value is -0.820. The van der Waals surface area contributed by atoms with Crippen molar-refractivity contribution in [3.8, 4) is 5.75 Å². The lowest BCUT2D eigenvalue weighted by atomic mass is 10.2. The van der Waals surface area contributed by atoms with E-state index in [0.717, 1.165) is 15.0 Å². The Morgan fingerprint density at radius 3 is 2.71 bits per heavy atom. The number of carbonyl (C=O) groups excluding carboxylic acids is 1. The Balaban J connectivity index is 2.71. The van der Waals surface area contributed by atoms with Gasteiger partial charge in [0.05, 0.1) is 25.3 Å². The topological polar surface area (TPSA) is 47.6 Å². The van der Waals surface area contributed by atoms with Gasteiger partial charge in [-0.1, -0.05) is 6.92 Å². The number of nitrogens with one attached hydrogen (secondary N) is 1. The fourth-order valence-electron chi connectivity index (χ4n) is 1.31. The van der Waals surface area contributed by atoms with Crippen molar-refractivity contribution in [3.63, 3.8) is 0 Å². The van der Waals surface area contributed by atoms with E-state index < -0.39 is 0 Å². The lowest BCUT2D eigenvalue weighted by molar-refractivity contribution is -0.120. The van der Waals surface area contributed by atoms with E-state index in [9.17, 15) is 4.79 Å². The minimum Gasteiger partial charge on any atom is -0.497 e. The minimum atomic E-state index is -0.169. The maximum Gasteiger partial charge on any atom is 0.229 e. The van der Waals surface area contributed by atoms with Crippen LogP contribution in [0.5, 0.6) is 5.75 Å². The molecule has 0 aliphatic carbocycles. The summed E-state index contributed by atoms with van der Waals surface area (Å²) in [7, 11) is 3.20. The highest BCUT2D eigenvalue weighted by molar-refractivity contribution is 14.1. The molecule has 1 rings (SSSR count). The molecular weight excluding hydrogens is 333 g/mol. The second-order valence-electron chi connectivity index (χ2n) is 3.69. The van der Waals surface area contributed by atoms with Gasteiger partial charge in [0.2, 0.25) is 5.91 Å². The van der Waals surface area contributed by atoms with E-state index >= 15 is 0 Å². The van der Waals surface area contributed by atoms with Crippen LogP contribution in [-0.4, -0.2) is 26.7 Å². The van der Waals surface area contributed by atoms with Gasteiger partial charge in [-0.15, -0.1) is 0 Å². The van der Waals surface area contributed by atoms with Crippen LogP contribution in [0.25, 0.3) is 0 Å². The van der Waals surface area contributed by atoms with Crippen LogP contribution in [-0.2, 0) is 9.53 Å². The predicted octanol–water partition coefficient (Wildman–Crippen LogP) is 2.52. The number of anilines is 1. The fraction of sp³-hybridized carbons (Fsp3) is 0.417. The largest absolute Gasteiger partial charge is 0.497 e. The van der Waals surface area contributed by atoms with Gasteiger partial charge in [0.15, 0.2) is 0 Å². The molecule has 1 amide bonds. The molecule has 1 aromatic carbocycles. The van der Waals surface area contributed by atoms with Gasteiger partial charge in [0, 0.05) is 10.7 Å². The first kappa shape index (κ1) is 14.2. The molecule has 0 radical (unpaired) electrons. The summed E-state index contributed by atoms with van der Waals surface area (Å²) in [5.41, 5.74) is 0.791. The Morgan fingerprint density at radius 2 is 2.18 bits per heavy atom. The average molecular weight is 349 g/mol. The molecule has 4 nitrogen and oxygen atoms in total. The van der Waals surface area contributed by atoms with Crippen LogP contribution in [0.15, 0.2) is 18.2 Å². The zero-order chi connectivity index (χ0) is 12.8. The molecule has 94 valence electrons. The van der Waals surface area contributed by atoms with Crippen LogP contribution in [0.2, 0.25) is 0 Å². The van der Waals surface area contributed by atoms with Crippen LogP contribution >= 0.6 is 22.6 Å². The van der Waals surface area contributed by atoms with Crippen molar-refractivity contribution in [2.75, 3.05) is 26.1 Å². The molecule has 1 aromatic rings. The third kappa shape index (κ3) is 4.16. The van der Waals surface area contributed by atoms with Gasteiger partial charge in [-0.2, -0.15) is 0 Å². The van der Waals surface area contributed by atoms with Gasteiger partial charge >= 0.3 is 0 Å². The fourth-order valence-corrected chi connectivity index (χ4v) is 1.93. The molecule has 0 spiro atoms. The van der Waals surface area contributed by atoms with Gasteiger partial charge in [-0.25, -0.2) is 0 Å². The number of carbonyl (C=O) groups is 1. The van der Waals surface area contributed by atoms with Crippen LogP contribution in [0.3, 0.4) is 0 Å². The van der Waals surface area contributed by atoms with Gasteiger partial charge in [-0.05, 0) is 40.8 Å². The summed E-state index contributed by atoms with van der Waals surface area (Å²) in [6.45, 7) is 2.24. The van der Waals surface area contributed by atoms with Crippen molar-refractivity contribution in [1.82, 2.24) is 0 Å². The molecule has 0 heterocycles. The van der Waals surface area contributed by atoms with Gasteiger partial charge in [-0.3, -0.25) is 4.79 Å². The molecule has 0 bridgehead atoms. The Kier molecular flexibility index (Phi) is 5.70. The van der Waals surface area contributed by atoms with E-state index in [-0.39, 0.29) is 11.8 Å². The molecule has 0 saturated heterocycles. The van der Waals surface area contributed by atoms with E-state index in [4.69, 9.17) is 9.47 Å². The lowest BCUT2D eigenvalue weighted by Gasteiger charge is -2.13. The molecule has 5 heteroatoms. The molecule has 0 unspecified atom stereocenters. The zero-order valence-corrected chi connectivity index (χ0v) is 12.3. The van der Waals surface area contributed by atoms with Crippen molar-refractivity contribution >= 4 is 34.2 Å². The summed E-state index contributed by atoms with van der Waals surface area (Å²) < 4.78 is 11.0. The van der Waals surface area contributed by atoms with Crippen LogP contribution in [0.1, 0.15) is 6.92 Å². The van der Waals surface area contributed by atoms with Crippen molar-refractivity contribution in [2.45, 2.75) is 6.92 Å². The Morgan fingerprint density at radius 1 is 1.47 bits per heavy atom. The van der Waals surface area contributed by atoms with E-state index in [2.05, 4.69) is 27.9 Å². The van der Waals surface area contributed by atoms with Crippen LogP contribution in [0.4, 0.5) is 5.69 Å². The molecule has 17 heavy (non-hydrogen) atoms. The SMILES string of the molecule is COC[C@@H](C)C(=O)Nc1ccc(OC)cc1I. The molecular formula is C12H16INO3. The number of ether oxygens (including phenoxy) is 2. The number of rotatable bonds is 5. The van der Waals surface area contributed by atoms with Crippen LogP contribution in [0, 0.1) is 9.49 Å². The zero-order valence-electron chi connectivity index (χ0n) is 10.1. The number of benzene rings is 1. The van der Waals surface area contributed by atoms with Crippen molar-refractivity contribution in [3.05, 3.63) is 21.8 Å². The second kappa shape index (κ2) is 6.80. The quantitative estimate of drug-likeness (QED) is 0.831. The van der Waals surface area contributed by atoms with Gasteiger partial charge in [0.1, 0.15) is 5.75 Å². The maximum atomic E-state index is 11.8. The summed E-state index contributed by atoms with van der Waals surface area (Å²) in [5, 5.41) is 2.86. The number of halogens is 1. The molecule has 0 aliphatic heterocycles. The Labute approximate surface area is 115 Å². The predicted molar refractivity (Wildman–Crippen MR) is 75.4 cm³/mol. The molecule has 0 aromatic heterocycles.